The molecule has 32 heavy (non-hydrogen) atoms. The molecule has 0 fully saturated rings. The van der Waals surface area contributed by atoms with Crippen LogP contribution in [0.3, 0.4) is 0 Å². The molecule has 2 aromatic rings. The number of hydroxylamine groups is 1. The lowest BCUT2D eigenvalue weighted by Gasteiger charge is -2.33. The fourth-order valence-electron chi connectivity index (χ4n) is 3.94. The molecule has 0 aliphatic carbocycles. The highest BCUT2D eigenvalue weighted by Gasteiger charge is 2.39. The van der Waals surface area contributed by atoms with E-state index in [4.69, 9.17) is 14.2 Å². The molecule has 1 heterocycles. The molecule has 0 unspecified atom stereocenters. The molecule has 1 aliphatic heterocycles. The molecular formula is C22H28N2O7S. The molecule has 174 valence electrons. The molecule has 9 nitrogen and oxygen atoms in total. The molecule has 3 rings (SSSR count). The lowest BCUT2D eigenvalue weighted by molar-refractivity contribution is -0.134. The third-order valence-electron chi connectivity index (χ3n) is 5.33. The van der Waals surface area contributed by atoms with Crippen molar-refractivity contribution in [3.05, 3.63) is 47.0 Å². The number of hydrogen-bond acceptors (Lipinski definition) is 7. The largest absolute Gasteiger partial charge is 0.497 e. The molecule has 2 aromatic carbocycles. The van der Waals surface area contributed by atoms with E-state index in [1.807, 2.05) is 0 Å². The van der Waals surface area contributed by atoms with Crippen molar-refractivity contribution in [3.8, 4) is 17.2 Å². The predicted molar refractivity (Wildman–Crippen MR) is 116 cm³/mol. The molecular weight excluding hydrogens is 436 g/mol. The first-order valence-corrected chi connectivity index (χ1v) is 11.5. The van der Waals surface area contributed by atoms with Crippen LogP contribution in [-0.2, 0) is 21.4 Å². The third-order valence-corrected chi connectivity index (χ3v) is 7.47. The minimum atomic E-state index is -4.17. The van der Waals surface area contributed by atoms with Gasteiger partial charge >= 0.3 is 0 Å². The van der Waals surface area contributed by atoms with Gasteiger partial charge in [-0.05, 0) is 60.7 Å². The van der Waals surface area contributed by atoms with Crippen LogP contribution in [0, 0.1) is 19.8 Å². The molecule has 2 N–H and O–H groups in total. The van der Waals surface area contributed by atoms with Gasteiger partial charge in [-0.25, -0.2) is 13.9 Å². The maximum Gasteiger partial charge on any atom is 0.262 e. The lowest BCUT2D eigenvalue weighted by Crippen LogP contribution is -2.51. The number of fused-ring (bicyclic) bond motifs is 1. The van der Waals surface area contributed by atoms with Gasteiger partial charge < -0.3 is 14.2 Å². The Morgan fingerprint density at radius 3 is 2.34 bits per heavy atom. The Labute approximate surface area is 187 Å². The number of hydrogen-bond donors (Lipinski definition) is 2. The summed E-state index contributed by atoms with van der Waals surface area (Å²) in [4.78, 5) is 12.7. The van der Waals surface area contributed by atoms with Crippen LogP contribution < -0.4 is 19.7 Å². The van der Waals surface area contributed by atoms with E-state index in [1.54, 1.807) is 63.5 Å². The van der Waals surface area contributed by atoms with Crippen LogP contribution in [-0.4, -0.2) is 43.8 Å². The first-order chi connectivity index (χ1) is 15.1. The highest BCUT2D eigenvalue weighted by atomic mass is 32.2. The van der Waals surface area contributed by atoms with Crippen LogP contribution in [0.5, 0.6) is 17.2 Å². The summed E-state index contributed by atoms with van der Waals surface area (Å²) in [6.07, 6.45) is 0. The molecule has 0 radical (unpaired) electrons. The van der Waals surface area contributed by atoms with E-state index in [1.165, 1.54) is 7.11 Å². The zero-order chi connectivity index (χ0) is 23.6. The zero-order valence-corrected chi connectivity index (χ0v) is 19.5. The second-order valence-electron chi connectivity index (χ2n) is 7.99. The Kier molecular flexibility index (Phi) is 6.97. The maximum atomic E-state index is 13.9. The van der Waals surface area contributed by atoms with Gasteiger partial charge in [-0.3, -0.25) is 10.0 Å². The third kappa shape index (κ3) is 4.52. The minimum Gasteiger partial charge on any atom is -0.497 e. The molecule has 1 amide bonds. The molecule has 10 heteroatoms. The number of ether oxygens (including phenoxy) is 3. The van der Waals surface area contributed by atoms with Crippen molar-refractivity contribution in [2.75, 3.05) is 13.9 Å². The van der Waals surface area contributed by atoms with Crippen molar-refractivity contribution in [1.82, 2.24) is 9.79 Å². The summed E-state index contributed by atoms with van der Waals surface area (Å²) in [5.41, 5.74) is 3.21. The smallest absolute Gasteiger partial charge is 0.262 e. The number of benzene rings is 2. The molecule has 1 atom stereocenters. The molecule has 0 saturated carbocycles. The standard InChI is InChI=1S/C22H28N2O7S/c1-13(2)20(22(25)23-26)24(11-16-6-7-18-19(10-16)31-12-30-18)32(27,28)21-14(3)8-17(29-5)9-15(21)4/h6-10,13,20,26H,11-12H2,1-5H3,(H,23,25)/t20-/m1/s1. The molecule has 1 aliphatic rings. The summed E-state index contributed by atoms with van der Waals surface area (Å²) in [6, 6.07) is 7.22. The minimum absolute atomic E-state index is 0.0899. The van der Waals surface area contributed by atoms with E-state index in [-0.39, 0.29) is 18.2 Å². The van der Waals surface area contributed by atoms with Gasteiger partial charge in [0.1, 0.15) is 11.8 Å². The zero-order valence-electron chi connectivity index (χ0n) is 18.7. The number of rotatable bonds is 8. The summed E-state index contributed by atoms with van der Waals surface area (Å²) in [7, 11) is -2.66. The van der Waals surface area contributed by atoms with Gasteiger partial charge in [-0.15, -0.1) is 0 Å². The maximum absolute atomic E-state index is 13.9. The monoisotopic (exact) mass is 464 g/mol. The van der Waals surface area contributed by atoms with E-state index < -0.39 is 27.9 Å². The van der Waals surface area contributed by atoms with E-state index >= 15 is 0 Å². The summed E-state index contributed by atoms with van der Waals surface area (Å²) >= 11 is 0. The summed E-state index contributed by atoms with van der Waals surface area (Å²) in [6.45, 7) is 6.77. The number of amides is 1. The van der Waals surface area contributed by atoms with Crippen molar-refractivity contribution in [2.24, 2.45) is 5.92 Å². The first kappa shape index (κ1) is 23.8. The van der Waals surface area contributed by atoms with Crippen LogP contribution in [0.15, 0.2) is 35.2 Å². The number of nitrogens with one attached hydrogen (secondary N) is 1. The average molecular weight is 465 g/mol. The predicted octanol–water partition coefficient (Wildman–Crippen LogP) is 2.76. The van der Waals surface area contributed by atoms with E-state index in [9.17, 15) is 18.4 Å². The fourth-order valence-corrected chi connectivity index (χ4v) is 6.06. The van der Waals surface area contributed by atoms with Gasteiger partial charge in [0.05, 0.1) is 12.0 Å². The Balaban J connectivity index is 2.14. The lowest BCUT2D eigenvalue weighted by atomic mass is 10.0. The van der Waals surface area contributed by atoms with Gasteiger partial charge in [0.25, 0.3) is 5.91 Å². The number of methoxy groups -OCH3 is 1. The van der Waals surface area contributed by atoms with Gasteiger partial charge in [0.15, 0.2) is 11.5 Å². The summed E-state index contributed by atoms with van der Waals surface area (Å²) in [5, 5.41) is 9.34. The Hall–Kier alpha value is -2.82. The highest BCUT2D eigenvalue weighted by Crippen LogP contribution is 2.35. The second kappa shape index (κ2) is 9.35. The van der Waals surface area contributed by atoms with Crippen molar-refractivity contribution in [3.63, 3.8) is 0 Å². The highest BCUT2D eigenvalue weighted by molar-refractivity contribution is 7.89. The SMILES string of the molecule is COc1cc(C)c(S(=O)(=O)N(Cc2ccc3c(c2)OCO3)[C@@H](C(=O)NO)C(C)C)c(C)c1. The summed E-state index contributed by atoms with van der Waals surface area (Å²) in [5.74, 6) is 0.371. The van der Waals surface area contributed by atoms with Crippen molar-refractivity contribution >= 4 is 15.9 Å². The van der Waals surface area contributed by atoms with E-state index in [0.717, 1.165) is 4.31 Å². The molecule has 0 bridgehead atoms. The molecule has 0 spiro atoms. The van der Waals surface area contributed by atoms with Gasteiger partial charge in [0, 0.05) is 6.54 Å². The molecule has 0 aromatic heterocycles. The van der Waals surface area contributed by atoms with Gasteiger partial charge in [-0.1, -0.05) is 19.9 Å². The average Bonchev–Trinajstić information content (AvgIpc) is 3.19. The van der Waals surface area contributed by atoms with Crippen LogP contribution >= 0.6 is 0 Å². The summed E-state index contributed by atoms with van der Waals surface area (Å²) < 4.78 is 45.0. The number of carbonyl (C=O) groups excluding carboxylic acids is 1. The first-order valence-electron chi connectivity index (χ1n) is 10.1. The van der Waals surface area contributed by atoms with Crippen molar-refractivity contribution in [2.45, 2.75) is 45.2 Å². The quantitative estimate of drug-likeness (QED) is 0.456. The second-order valence-corrected chi connectivity index (χ2v) is 9.82. The van der Waals surface area contributed by atoms with Crippen LogP contribution in [0.25, 0.3) is 0 Å². The van der Waals surface area contributed by atoms with Gasteiger partial charge in [-0.2, -0.15) is 4.31 Å². The topological polar surface area (TPSA) is 114 Å². The number of sulfonamides is 1. The fraction of sp³-hybridized carbons (Fsp3) is 0.409. The number of nitrogens with zero attached hydrogens (tertiary/aromatic N) is 1. The van der Waals surface area contributed by atoms with Crippen molar-refractivity contribution < 1.29 is 32.6 Å². The van der Waals surface area contributed by atoms with Crippen LogP contribution in [0.1, 0.15) is 30.5 Å². The normalized spacial score (nSPS) is 14.0. The van der Waals surface area contributed by atoms with Crippen LogP contribution in [0.2, 0.25) is 0 Å². The van der Waals surface area contributed by atoms with Gasteiger partial charge in [0.2, 0.25) is 16.8 Å². The Morgan fingerprint density at radius 1 is 1.16 bits per heavy atom. The van der Waals surface area contributed by atoms with Crippen molar-refractivity contribution in [1.29, 1.82) is 0 Å². The number of carbonyl (C=O) groups is 1. The van der Waals surface area contributed by atoms with Crippen LogP contribution in [0.4, 0.5) is 0 Å². The van der Waals surface area contributed by atoms with E-state index in [0.29, 0.717) is 33.9 Å². The number of aryl methyl sites for hydroxylation is 2. The van der Waals surface area contributed by atoms with E-state index in [2.05, 4.69) is 0 Å². The molecule has 0 saturated heterocycles. The Bertz CT molecular complexity index is 1090. The Morgan fingerprint density at radius 2 is 1.78 bits per heavy atom.